The van der Waals surface area contributed by atoms with Gasteiger partial charge < -0.3 is 14.2 Å². The number of carbonyl (C=O) groups excluding carboxylic acids is 1. The minimum absolute atomic E-state index is 0.176. The summed E-state index contributed by atoms with van der Waals surface area (Å²) in [7, 11) is 0. The Morgan fingerprint density at radius 2 is 2.16 bits per heavy atom. The fraction of sp³-hybridized carbons (Fsp3) is 0.529. The molecule has 1 amide bonds. The van der Waals surface area contributed by atoms with Crippen molar-refractivity contribution in [1.82, 2.24) is 20.0 Å². The Bertz CT molecular complexity index is 782. The summed E-state index contributed by atoms with van der Waals surface area (Å²) in [5, 5.41) is 4.48. The molecule has 0 N–H and O–H groups in total. The lowest BCUT2D eigenvalue weighted by molar-refractivity contribution is 0.0518. The van der Waals surface area contributed by atoms with Gasteiger partial charge in [0.25, 0.3) is 5.89 Å². The second kappa shape index (κ2) is 6.29. The predicted octanol–water partition coefficient (Wildman–Crippen LogP) is 3.65. The summed E-state index contributed by atoms with van der Waals surface area (Å²) in [6.07, 6.45) is 4.90. The highest BCUT2D eigenvalue weighted by Gasteiger charge is 2.43. The number of nitrogens with zero attached hydrogens (tertiary/aromatic N) is 4. The first-order valence-corrected chi connectivity index (χ1v) is 8.84. The quantitative estimate of drug-likeness (QED) is 0.775. The van der Waals surface area contributed by atoms with E-state index in [1.807, 2.05) is 6.92 Å². The van der Waals surface area contributed by atoms with Crippen LogP contribution in [0.5, 0.6) is 0 Å². The summed E-state index contributed by atoms with van der Waals surface area (Å²) in [6, 6.07) is 3.47. The largest absolute Gasteiger partial charge is 0.443 e. The van der Waals surface area contributed by atoms with E-state index in [0.717, 1.165) is 31.2 Å². The van der Waals surface area contributed by atoms with E-state index in [-0.39, 0.29) is 17.6 Å². The van der Waals surface area contributed by atoms with Crippen LogP contribution in [0.4, 0.5) is 4.79 Å². The molecule has 0 unspecified atom stereocenters. The molecule has 0 spiro atoms. The number of piperidine rings is 1. The van der Waals surface area contributed by atoms with Crippen LogP contribution in [0.1, 0.15) is 44.3 Å². The Labute approximate surface area is 150 Å². The van der Waals surface area contributed by atoms with Gasteiger partial charge in [0.05, 0.1) is 0 Å². The SMILES string of the molecule is CC1(OC(=O)N2CCC(c3noc(-c4ccnc(Cl)c4)n3)CC2)CC1. The number of halogens is 1. The van der Waals surface area contributed by atoms with Crippen molar-refractivity contribution in [2.75, 3.05) is 13.1 Å². The zero-order valence-electron chi connectivity index (χ0n) is 13.9. The molecule has 8 heteroatoms. The van der Waals surface area contributed by atoms with Crippen LogP contribution in [0, 0.1) is 0 Å². The highest BCUT2D eigenvalue weighted by atomic mass is 35.5. The molecule has 0 bridgehead atoms. The highest BCUT2D eigenvalue weighted by molar-refractivity contribution is 6.29. The van der Waals surface area contributed by atoms with Crippen LogP contribution in [0.3, 0.4) is 0 Å². The molecule has 0 atom stereocenters. The molecule has 132 valence electrons. The Hall–Kier alpha value is -2.15. The molecule has 3 heterocycles. The fourth-order valence-electron chi connectivity index (χ4n) is 2.93. The molecule has 2 aromatic heterocycles. The Morgan fingerprint density at radius 1 is 1.40 bits per heavy atom. The minimum Gasteiger partial charge on any atom is -0.443 e. The lowest BCUT2D eigenvalue weighted by Crippen LogP contribution is -2.40. The molecule has 0 aromatic carbocycles. The molecular formula is C17H19ClN4O3. The number of ether oxygens (including phenoxy) is 1. The van der Waals surface area contributed by atoms with E-state index in [9.17, 15) is 4.79 Å². The molecule has 4 rings (SSSR count). The third-order valence-electron chi connectivity index (χ3n) is 4.82. The van der Waals surface area contributed by atoms with E-state index >= 15 is 0 Å². The van der Waals surface area contributed by atoms with E-state index in [1.165, 1.54) is 0 Å². The molecule has 7 nitrogen and oxygen atoms in total. The average molecular weight is 363 g/mol. The third kappa shape index (κ3) is 3.61. The summed E-state index contributed by atoms with van der Waals surface area (Å²) >= 11 is 5.90. The van der Waals surface area contributed by atoms with Crippen LogP contribution >= 0.6 is 11.6 Å². The van der Waals surface area contributed by atoms with Crippen LogP contribution in [-0.4, -0.2) is 44.8 Å². The van der Waals surface area contributed by atoms with Crippen LogP contribution in [0.25, 0.3) is 11.5 Å². The van der Waals surface area contributed by atoms with Crippen molar-refractivity contribution in [3.8, 4) is 11.5 Å². The van der Waals surface area contributed by atoms with Gasteiger partial charge in [0.15, 0.2) is 5.82 Å². The van der Waals surface area contributed by atoms with Gasteiger partial charge in [-0.3, -0.25) is 0 Å². The molecule has 1 aliphatic heterocycles. The summed E-state index contributed by atoms with van der Waals surface area (Å²) < 4.78 is 10.9. The zero-order valence-corrected chi connectivity index (χ0v) is 14.7. The first-order valence-electron chi connectivity index (χ1n) is 8.46. The normalized spacial score (nSPS) is 19.7. The van der Waals surface area contributed by atoms with Crippen molar-refractivity contribution >= 4 is 17.7 Å². The van der Waals surface area contributed by atoms with Crippen molar-refractivity contribution in [3.05, 3.63) is 29.3 Å². The summed E-state index contributed by atoms with van der Waals surface area (Å²) in [5.74, 6) is 1.28. The topological polar surface area (TPSA) is 81.4 Å². The van der Waals surface area contributed by atoms with Gasteiger partial charge >= 0.3 is 6.09 Å². The van der Waals surface area contributed by atoms with Gasteiger partial charge in [0.1, 0.15) is 10.8 Å². The molecule has 2 aromatic rings. The van der Waals surface area contributed by atoms with E-state index in [0.29, 0.717) is 30.0 Å². The lowest BCUT2D eigenvalue weighted by atomic mass is 9.96. The molecule has 1 saturated carbocycles. The highest BCUT2D eigenvalue weighted by Crippen LogP contribution is 2.39. The Morgan fingerprint density at radius 3 is 2.84 bits per heavy atom. The van der Waals surface area contributed by atoms with Gasteiger partial charge in [-0.2, -0.15) is 4.98 Å². The molecule has 25 heavy (non-hydrogen) atoms. The Balaban J connectivity index is 1.37. The van der Waals surface area contributed by atoms with Crippen LogP contribution in [0.2, 0.25) is 5.15 Å². The number of hydrogen-bond donors (Lipinski definition) is 0. The number of amides is 1. The van der Waals surface area contributed by atoms with Gasteiger partial charge in [0.2, 0.25) is 0 Å². The number of likely N-dealkylation sites (tertiary alicyclic amines) is 1. The predicted molar refractivity (Wildman–Crippen MR) is 90.2 cm³/mol. The van der Waals surface area contributed by atoms with Gasteiger partial charge in [-0.15, -0.1) is 0 Å². The number of rotatable bonds is 3. The van der Waals surface area contributed by atoms with E-state index < -0.39 is 0 Å². The molecule has 2 aliphatic rings. The molecule has 1 aliphatic carbocycles. The maximum absolute atomic E-state index is 12.2. The zero-order chi connectivity index (χ0) is 17.4. The smallest absolute Gasteiger partial charge is 0.410 e. The van der Waals surface area contributed by atoms with Crippen LogP contribution in [-0.2, 0) is 4.74 Å². The van der Waals surface area contributed by atoms with E-state index in [1.54, 1.807) is 23.2 Å². The minimum atomic E-state index is -0.234. The van der Waals surface area contributed by atoms with Crippen molar-refractivity contribution in [1.29, 1.82) is 0 Å². The van der Waals surface area contributed by atoms with Crippen LogP contribution < -0.4 is 0 Å². The van der Waals surface area contributed by atoms with Crippen molar-refractivity contribution in [2.45, 2.75) is 44.1 Å². The summed E-state index contributed by atoms with van der Waals surface area (Å²) in [5.41, 5.74) is 0.514. The number of pyridine rings is 1. The summed E-state index contributed by atoms with van der Waals surface area (Å²) in [4.78, 5) is 22.3. The first kappa shape index (κ1) is 16.3. The molecule has 0 radical (unpaired) electrons. The van der Waals surface area contributed by atoms with Crippen molar-refractivity contribution < 1.29 is 14.1 Å². The van der Waals surface area contributed by atoms with Crippen LogP contribution in [0.15, 0.2) is 22.9 Å². The van der Waals surface area contributed by atoms with Gasteiger partial charge in [0, 0.05) is 30.8 Å². The van der Waals surface area contributed by atoms with Crippen molar-refractivity contribution in [3.63, 3.8) is 0 Å². The molecule has 2 fully saturated rings. The second-order valence-corrected chi connectivity index (χ2v) is 7.29. The third-order valence-corrected chi connectivity index (χ3v) is 5.03. The molecular weight excluding hydrogens is 344 g/mol. The van der Waals surface area contributed by atoms with Gasteiger partial charge in [-0.05, 0) is 44.7 Å². The average Bonchev–Trinajstić information content (AvgIpc) is 3.13. The van der Waals surface area contributed by atoms with Gasteiger partial charge in [-0.1, -0.05) is 16.8 Å². The summed E-state index contributed by atoms with van der Waals surface area (Å²) in [6.45, 7) is 3.26. The number of aromatic nitrogens is 3. The Kier molecular flexibility index (Phi) is 4.11. The fourth-order valence-corrected chi connectivity index (χ4v) is 3.10. The number of carbonyl (C=O) groups is 1. The second-order valence-electron chi connectivity index (χ2n) is 6.90. The van der Waals surface area contributed by atoms with E-state index in [4.69, 9.17) is 20.9 Å². The first-order chi connectivity index (χ1) is 12.0. The van der Waals surface area contributed by atoms with E-state index in [2.05, 4.69) is 15.1 Å². The molecule has 1 saturated heterocycles. The maximum Gasteiger partial charge on any atom is 0.410 e. The van der Waals surface area contributed by atoms with Crippen molar-refractivity contribution in [2.24, 2.45) is 0 Å². The maximum atomic E-state index is 12.2. The monoisotopic (exact) mass is 362 g/mol. The number of hydrogen-bond acceptors (Lipinski definition) is 6. The lowest BCUT2D eigenvalue weighted by Gasteiger charge is -2.30. The van der Waals surface area contributed by atoms with Gasteiger partial charge in [-0.25, -0.2) is 9.78 Å². The standard InChI is InChI=1S/C17H19ClN4O3/c1-17(5-6-17)24-16(23)22-8-3-11(4-9-22)14-20-15(25-21-14)12-2-7-19-13(18)10-12/h2,7,10-11H,3-6,8-9H2,1H3.